The van der Waals surface area contributed by atoms with Gasteiger partial charge in [-0.25, -0.2) is 0 Å². The van der Waals surface area contributed by atoms with Gasteiger partial charge >= 0.3 is 6.18 Å². The number of hydrogen-bond donors (Lipinski definition) is 1. The van der Waals surface area contributed by atoms with Gasteiger partial charge in [-0.15, -0.1) is 0 Å². The van der Waals surface area contributed by atoms with Gasteiger partial charge in [0.15, 0.2) is 0 Å². The fraction of sp³-hybridized carbons (Fsp3) is 0.479. The number of aryl methyl sites for hydroxylation is 1. The molecule has 0 spiro atoms. The number of anilines is 1. The Balaban J connectivity index is 1.04. The molecule has 0 radical (unpaired) electrons. The molecule has 2 saturated carbocycles. The maximum Gasteiger partial charge on any atom is 0.418 e. The molecule has 9 heteroatoms. The van der Waals surface area contributed by atoms with E-state index in [1.54, 1.807) is 6.07 Å². The quantitative estimate of drug-likeness (QED) is 0.129. The van der Waals surface area contributed by atoms with Crippen LogP contribution >= 0.6 is 0 Å². The minimum absolute atomic E-state index is 0.00264. The Bertz CT molecular complexity index is 1970. The van der Waals surface area contributed by atoms with Crippen LogP contribution in [0.15, 0.2) is 97.1 Å². The van der Waals surface area contributed by atoms with Crippen molar-refractivity contribution in [3.63, 3.8) is 0 Å². The van der Waals surface area contributed by atoms with E-state index < -0.39 is 17.6 Å². The van der Waals surface area contributed by atoms with E-state index in [9.17, 15) is 18.0 Å². The predicted octanol–water partition coefficient (Wildman–Crippen LogP) is 11.0. The van der Waals surface area contributed by atoms with Gasteiger partial charge in [-0.2, -0.15) is 13.2 Å². The summed E-state index contributed by atoms with van der Waals surface area (Å²) in [5.41, 5.74) is 3.29. The molecule has 1 saturated heterocycles. The summed E-state index contributed by atoms with van der Waals surface area (Å²) in [6.07, 6.45) is 3.49. The monoisotopic (exact) mass is 780 g/mol. The van der Waals surface area contributed by atoms with Gasteiger partial charge in [0.1, 0.15) is 24.2 Å². The molecule has 4 aliphatic rings. The second kappa shape index (κ2) is 17.3. The first-order valence-electron chi connectivity index (χ1n) is 21.0. The SMILES string of the molecule is C[C@]12C[C@H](Oc3ccc(NC(=O)CCCCN4CCCC4)c(C(F)(F)F)c3)[C@@H]3c4ccc(OCc5ccccc5)cc4CC[C@H]3[C@@H]1CC[C@@H]2OCc1ccccc1. The summed E-state index contributed by atoms with van der Waals surface area (Å²) in [4.78, 5) is 15.3. The van der Waals surface area contributed by atoms with E-state index in [4.69, 9.17) is 14.2 Å². The second-order valence-corrected chi connectivity index (χ2v) is 17.0. The molecule has 0 unspecified atom stereocenters. The van der Waals surface area contributed by atoms with Crippen molar-refractivity contribution < 1.29 is 32.2 Å². The molecule has 4 aromatic rings. The lowest BCUT2D eigenvalue weighted by Crippen LogP contribution is -2.52. The Morgan fingerprint density at radius 2 is 1.56 bits per heavy atom. The topological polar surface area (TPSA) is 60.0 Å². The number of hydrogen-bond acceptors (Lipinski definition) is 5. The highest BCUT2D eigenvalue weighted by molar-refractivity contribution is 5.91. The number of nitrogens with one attached hydrogen (secondary N) is 1. The number of nitrogens with zero attached hydrogens (tertiary/aromatic N) is 1. The van der Waals surface area contributed by atoms with Crippen molar-refractivity contribution >= 4 is 11.6 Å². The normalized spacial score (nSPS) is 25.6. The zero-order valence-corrected chi connectivity index (χ0v) is 32.9. The first kappa shape index (κ1) is 39.5. The van der Waals surface area contributed by atoms with Crippen molar-refractivity contribution in [3.05, 3.63) is 125 Å². The summed E-state index contributed by atoms with van der Waals surface area (Å²) in [6.45, 7) is 6.38. The minimum atomic E-state index is -4.68. The Morgan fingerprint density at radius 1 is 0.842 bits per heavy atom. The molecule has 0 bridgehead atoms. The van der Waals surface area contributed by atoms with Gasteiger partial charge in [0, 0.05) is 17.8 Å². The molecular formula is C48H55F3N2O4. The van der Waals surface area contributed by atoms with E-state index in [0.717, 1.165) is 74.7 Å². The van der Waals surface area contributed by atoms with E-state index in [-0.39, 0.29) is 47.3 Å². The summed E-state index contributed by atoms with van der Waals surface area (Å²) < 4.78 is 63.8. The van der Waals surface area contributed by atoms with Crippen LogP contribution in [-0.4, -0.2) is 42.6 Å². The number of alkyl halides is 3. The number of likely N-dealkylation sites (tertiary alicyclic amines) is 1. The Hall–Kier alpha value is -4.34. The zero-order valence-electron chi connectivity index (χ0n) is 32.9. The first-order chi connectivity index (χ1) is 27.6. The molecule has 8 rings (SSSR count). The molecule has 0 aromatic heterocycles. The number of fused-ring (bicyclic) bond motifs is 5. The Morgan fingerprint density at radius 3 is 2.30 bits per heavy atom. The van der Waals surface area contributed by atoms with Crippen molar-refractivity contribution in [2.45, 2.75) is 109 Å². The van der Waals surface area contributed by atoms with E-state index in [2.05, 4.69) is 41.4 Å². The number of carbonyl (C=O) groups excluding carboxylic acids is 1. The summed E-state index contributed by atoms with van der Waals surface area (Å²) in [5.74, 6) is 1.24. The third-order valence-electron chi connectivity index (χ3n) is 13.3. The van der Waals surface area contributed by atoms with Crippen LogP contribution in [0.1, 0.15) is 98.4 Å². The fourth-order valence-corrected chi connectivity index (χ4v) is 10.5. The maximum absolute atomic E-state index is 14.7. The van der Waals surface area contributed by atoms with Crippen molar-refractivity contribution in [1.82, 2.24) is 4.90 Å². The van der Waals surface area contributed by atoms with Gasteiger partial charge in [-0.3, -0.25) is 4.79 Å². The molecule has 1 aliphatic heterocycles. The van der Waals surface area contributed by atoms with Gasteiger partial charge in [-0.05, 0) is 142 Å². The highest BCUT2D eigenvalue weighted by atomic mass is 19.4. The summed E-state index contributed by atoms with van der Waals surface area (Å²) in [6, 6.07) is 30.6. The van der Waals surface area contributed by atoms with Crippen LogP contribution in [-0.2, 0) is 35.3 Å². The van der Waals surface area contributed by atoms with Crippen molar-refractivity contribution in [3.8, 4) is 11.5 Å². The molecule has 1 N–H and O–H groups in total. The molecule has 302 valence electrons. The third kappa shape index (κ3) is 9.05. The lowest BCUT2D eigenvalue weighted by molar-refractivity contribution is -0.137. The minimum Gasteiger partial charge on any atom is -0.490 e. The summed E-state index contributed by atoms with van der Waals surface area (Å²) >= 11 is 0. The highest BCUT2D eigenvalue weighted by Gasteiger charge is 2.59. The smallest absolute Gasteiger partial charge is 0.418 e. The summed E-state index contributed by atoms with van der Waals surface area (Å²) in [5, 5.41) is 2.57. The zero-order chi connectivity index (χ0) is 39.4. The largest absolute Gasteiger partial charge is 0.490 e. The van der Waals surface area contributed by atoms with E-state index >= 15 is 0 Å². The van der Waals surface area contributed by atoms with Crippen molar-refractivity contribution in [2.75, 3.05) is 25.0 Å². The van der Waals surface area contributed by atoms with Crippen molar-refractivity contribution in [1.29, 1.82) is 0 Å². The maximum atomic E-state index is 14.7. The number of benzene rings is 4. The van der Waals surface area contributed by atoms with Crippen LogP contribution in [0.25, 0.3) is 0 Å². The molecule has 4 aromatic carbocycles. The third-order valence-corrected chi connectivity index (χ3v) is 13.3. The highest BCUT2D eigenvalue weighted by Crippen LogP contribution is 2.62. The average Bonchev–Trinajstić information content (AvgIpc) is 3.86. The Kier molecular flexibility index (Phi) is 12.0. The van der Waals surface area contributed by atoms with Gasteiger partial charge in [0.05, 0.1) is 24.0 Å². The number of rotatable bonds is 14. The van der Waals surface area contributed by atoms with Crippen LogP contribution in [0.2, 0.25) is 0 Å². The lowest BCUT2D eigenvalue weighted by atomic mass is 9.54. The Labute approximate surface area is 335 Å². The van der Waals surface area contributed by atoms with Gasteiger partial charge in [0.2, 0.25) is 5.91 Å². The number of halogens is 3. The van der Waals surface area contributed by atoms with Crippen LogP contribution in [0.3, 0.4) is 0 Å². The second-order valence-electron chi connectivity index (χ2n) is 17.0. The molecule has 3 aliphatic carbocycles. The van der Waals surface area contributed by atoms with Crippen LogP contribution < -0.4 is 14.8 Å². The fourth-order valence-electron chi connectivity index (χ4n) is 10.5. The predicted molar refractivity (Wildman–Crippen MR) is 216 cm³/mol. The number of unbranched alkanes of at least 4 members (excludes halogenated alkanes) is 1. The first-order valence-corrected chi connectivity index (χ1v) is 21.0. The van der Waals surface area contributed by atoms with Crippen LogP contribution in [0.4, 0.5) is 18.9 Å². The molecule has 6 atom stereocenters. The molecule has 1 heterocycles. The van der Waals surface area contributed by atoms with Crippen molar-refractivity contribution in [2.24, 2.45) is 17.3 Å². The molecule has 1 amide bonds. The van der Waals surface area contributed by atoms with Gasteiger partial charge in [0.25, 0.3) is 0 Å². The molecule has 6 nitrogen and oxygen atoms in total. The molecule has 57 heavy (non-hydrogen) atoms. The van der Waals surface area contributed by atoms with Gasteiger partial charge in [-0.1, -0.05) is 73.7 Å². The number of amides is 1. The average molecular weight is 781 g/mol. The van der Waals surface area contributed by atoms with Crippen LogP contribution in [0, 0.1) is 17.3 Å². The van der Waals surface area contributed by atoms with E-state index in [0.29, 0.717) is 32.0 Å². The summed E-state index contributed by atoms with van der Waals surface area (Å²) in [7, 11) is 0. The number of carbonyl (C=O) groups is 1. The standard InChI is InChI=1S/C48H55F3N2O4/c1-47-30-43(57-37-19-23-42(41(29-37)48(49,50)51)52-45(54)16-8-9-25-53-26-10-11-27-53)46-38-21-18-36(55-31-33-12-4-2-5-13-33)28-35(38)17-20-39(46)40(47)22-24-44(47)56-32-34-14-6-3-7-15-34/h2-7,12-15,18-19,21,23,28-29,39-40,43-44,46H,8-11,16-17,20,22,24-27,30-32H2,1H3,(H,52,54)/t39-,40-,43-,44-,46+,47-/m0/s1. The van der Waals surface area contributed by atoms with E-state index in [1.165, 1.54) is 30.0 Å². The molecule has 3 fully saturated rings. The van der Waals surface area contributed by atoms with E-state index in [1.807, 2.05) is 54.6 Å². The van der Waals surface area contributed by atoms with Crippen LogP contribution in [0.5, 0.6) is 11.5 Å². The lowest BCUT2D eigenvalue weighted by Gasteiger charge is -2.53. The number of ether oxygens (including phenoxy) is 3. The molecular weight excluding hydrogens is 726 g/mol. The van der Waals surface area contributed by atoms with Gasteiger partial charge < -0.3 is 24.4 Å².